The van der Waals surface area contributed by atoms with Gasteiger partial charge in [-0.05, 0) is 35.9 Å². The summed E-state index contributed by atoms with van der Waals surface area (Å²) in [6, 6.07) is 14.1. The van der Waals surface area contributed by atoms with E-state index in [1.165, 1.54) is 10.5 Å². The van der Waals surface area contributed by atoms with E-state index in [1.54, 1.807) is 12.1 Å². The van der Waals surface area contributed by atoms with Crippen molar-refractivity contribution in [1.82, 2.24) is 5.32 Å². The quantitative estimate of drug-likeness (QED) is 0.883. The van der Waals surface area contributed by atoms with Gasteiger partial charge in [-0.2, -0.15) is 0 Å². The Balaban J connectivity index is 1.77. The first-order valence-corrected chi connectivity index (χ1v) is 8.03. The maximum atomic E-state index is 9.89. The molecule has 0 aliphatic carbocycles. The Morgan fingerprint density at radius 1 is 1.20 bits per heavy atom. The predicted molar refractivity (Wildman–Crippen MR) is 84.5 cm³/mol. The normalized spacial score (nSPS) is 17.8. The molecule has 1 aliphatic rings. The van der Waals surface area contributed by atoms with Gasteiger partial charge in [-0.3, -0.25) is 0 Å². The lowest BCUT2D eigenvalue weighted by atomic mass is 10.0. The molecule has 2 nitrogen and oxygen atoms in total. The third-order valence-corrected chi connectivity index (χ3v) is 5.05. The standard InChI is InChI=1S/C16H16ClNOS/c17-13-5-3-6-15(19)12(13)10-18-14-8-9-20-16-7-2-1-4-11(14)16/h1-7,14,18-19H,8-10H2. The van der Waals surface area contributed by atoms with E-state index in [1.807, 2.05) is 17.8 Å². The fourth-order valence-corrected chi connectivity index (χ4v) is 3.86. The molecule has 0 spiro atoms. The first kappa shape index (κ1) is 13.8. The summed E-state index contributed by atoms with van der Waals surface area (Å²) in [5.74, 6) is 1.37. The summed E-state index contributed by atoms with van der Waals surface area (Å²) in [5.41, 5.74) is 2.11. The summed E-state index contributed by atoms with van der Waals surface area (Å²) in [5, 5.41) is 14.0. The van der Waals surface area contributed by atoms with Crippen molar-refractivity contribution < 1.29 is 5.11 Å². The topological polar surface area (TPSA) is 32.3 Å². The molecule has 104 valence electrons. The van der Waals surface area contributed by atoms with Gasteiger partial charge in [0.25, 0.3) is 0 Å². The number of phenolic OH excluding ortho intramolecular Hbond substituents is 1. The molecule has 4 heteroatoms. The molecule has 20 heavy (non-hydrogen) atoms. The van der Waals surface area contributed by atoms with Crippen LogP contribution >= 0.6 is 23.4 Å². The van der Waals surface area contributed by atoms with E-state index in [0.29, 0.717) is 17.6 Å². The second-order valence-corrected chi connectivity index (χ2v) is 6.39. The van der Waals surface area contributed by atoms with E-state index in [9.17, 15) is 5.11 Å². The van der Waals surface area contributed by atoms with Gasteiger partial charge >= 0.3 is 0 Å². The second-order valence-electron chi connectivity index (χ2n) is 4.85. The van der Waals surface area contributed by atoms with E-state index in [-0.39, 0.29) is 5.75 Å². The Labute approximate surface area is 128 Å². The van der Waals surface area contributed by atoms with Crippen molar-refractivity contribution in [2.24, 2.45) is 0 Å². The third-order valence-electron chi connectivity index (χ3n) is 3.58. The summed E-state index contributed by atoms with van der Waals surface area (Å²) in [4.78, 5) is 1.35. The molecule has 0 radical (unpaired) electrons. The highest BCUT2D eigenvalue weighted by molar-refractivity contribution is 7.99. The molecule has 0 fully saturated rings. The molecule has 1 heterocycles. The maximum Gasteiger partial charge on any atom is 0.121 e. The van der Waals surface area contributed by atoms with Gasteiger partial charge in [0, 0.05) is 28.1 Å². The molecule has 0 saturated heterocycles. The van der Waals surface area contributed by atoms with Crippen LogP contribution in [0.5, 0.6) is 5.75 Å². The zero-order valence-electron chi connectivity index (χ0n) is 11.0. The minimum atomic E-state index is 0.253. The summed E-state index contributed by atoms with van der Waals surface area (Å²) >= 11 is 8.05. The van der Waals surface area contributed by atoms with Gasteiger partial charge in [0.05, 0.1) is 0 Å². The summed E-state index contributed by atoms with van der Waals surface area (Å²) in [6.45, 7) is 0.579. The lowest BCUT2D eigenvalue weighted by Crippen LogP contribution is -2.24. The lowest BCUT2D eigenvalue weighted by molar-refractivity contribution is 0.453. The summed E-state index contributed by atoms with van der Waals surface area (Å²) in [7, 11) is 0. The molecule has 3 rings (SSSR count). The van der Waals surface area contributed by atoms with Crippen LogP contribution < -0.4 is 5.32 Å². The maximum absolute atomic E-state index is 9.89. The minimum absolute atomic E-state index is 0.253. The van der Waals surface area contributed by atoms with Crippen molar-refractivity contribution in [3.8, 4) is 5.75 Å². The smallest absolute Gasteiger partial charge is 0.121 e. The number of hydrogen-bond donors (Lipinski definition) is 2. The Morgan fingerprint density at radius 3 is 2.90 bits per heavy atom. The van der Waals surface area contributed by atoms with Crippen molar-refractivity contribution in [3.05, 3.63) is 58.6 Å². The molecule has 1 unspecified atom stereocenters. The fraction of sp³-hybridized carbons (Fsp3) is 0.250. The van der Waals surface area contributed by atoms with Gasteiger partial charge < -0.3 is 10.4 Å². The number of benzene rings is 2. The van der Waals surface area contributed by atoms with Crippen LogP contribution in [0.2, 0.25) is 5.02 Å². The number of hydrogen-bond acceptors (Lipinski definition) is 3. The molecular formula is C16H16ClNOS. The molecule has 1 aliphatic heterocycles. The molecule has 0 bridgehead atoms. The van der Waals surface area contributed by atoms with Crippen LogP contribution in [0.15, 0.2) is 47.4 Å². The van der Waals surface area contributed by atoms with Gasteiger partial charge in [-0.25, -0.2) is 0 Å². The first-order valence-electron chi connectivity index (χ1n) is 6.67. The fourth-order valence-electron chi connectivity index (χ4n) is 2.50. The average molecular weight is 306 g/mol. The van der Waals surface area contributed by atoms with E-state index in [0.717, 1.165) is 17.7 Å². The summed E-state index contributed by atoms with van der Waals surface area (Å²) in [6.07, 6.45) is 1.09. The Hall–Kier alpha value is -1.16. The number of phenols is 1. The highest BCUT2D eigenvalue weighted by Crippen LogP contribution is 2.36. The Bertz CT molecular complexity index is 597. The first-order chi connectivity index (χ1) is 9.75. The van der Waals surface area contributed by atoms with Crippen LogP contribution in [-0.2, 0) is 6.54 Å². The predicted octanol–water partition coefficient (Wildman–Crippen LogP) is 4.37. The van der Waals surface area contributed by atoms with Gasteiger partial charge in [-0.15, -0.1) is 11.8 Å². The highest BCUT2D eigenvalue weighted by Gasteiger charge is 2.20. The molecule has 0 aromatic heterocycles. The largest absolute Gasteiger partial charge is 0.508 e. The molecule has 2 aromatic carbocycles. The average Bonchev–Trinajstić information content (AvgIpc) is 2.47. The number of fused-ring (bicyclic) bond motifs is 1. The van der Waals surface area contributed by atoms with Crippen LogP contribution in [0.4, 0.5) is 0 Å². The van der Waals surface area contributed by atoms with E-state index in [4.69, 9.17) is 11.6 Å². The SMILES string of the molecule is Oc1cccc(Cl)c1CNC1CCSc2ccccc21. The van der Waals surface area contributed by atoms with Crippen molar-refractivity contribution in [3.63, 3.8) is 0 Å². The number of aromatic hydroxyl groups is 1. The van der Waals surface area contributed by atoms with Gasteiger partial charge in [0.2, 0.25) is 0 Å². The molecule has 2 aromatic rings. The van der Waals surface area contributed by atoms with Crippen LogP contribution in [-0.4, -0.2) is 10.9 Å². The number of nitrogens with one attached hydrogen (secondary N) is 1. The number of halogens is 1. The van der Waals surface area contributed by atoms with Crippen LogP contribution in [0.1, 0.15) is 23.6 Å². The molecular weight excluding hydrogens is 290 g/mol. The van der Waals surface area contributed by atoms with E-state index < -0.39 is 0 Å². The number of thioether (sulfide) groups is 1. The van der Waals surface area contributed by atoms with E-state index in [2.05, 4.69) is 29.6 Å². The lowest BCUT2D eigenvalue weighted by Gasteiger charge is -2.26. The minimum Gasteiger partial charge on any atom is -0.508 e. The third kappa shape index (κ3) is 2.80. The van der Waals surface area contributed by atoms with Gasteiger partial charge in [-0.1, -0.05) is 35.9 Å². The highest BCUT2D eigenvalue weighted by atomic mass is 35.5. The van der Waals surface area contributed by atoms with Crippen LogP contribution in [0.3, 0.4) is 0 Å². The van der Waals surface area contributed by atoms with Crippen molar-refractivity contribution in [2.45, 2.75) is 23.9 Å². The summed E-state index contributed by atoms with van der Waals surface area (Å²) < 4.78 is 0. The Morgan fingerprint density at radius 2 is 2.05 bits per heavy atom. The van der Waals surface area contributed by atoms with Crippen molar-refractivity contribution in [2.75, 3.05) is 5.75 Å². The van der Waals surface area contributed by atoms with Gasteiger partial charge in [0.1, 0.15) is 5.75 Å². The molecule has 2 N–H and O–H groups in total. The zero-order valence-corrected chi connectivity index (χ0v) is 12.5. The van der Waals surface area contributed by atoms with Crippen molar-refractivity contribution in [1.29, 1.82) is 0 Å². The van der Waals surface area contributed by atoms with Crippen molar-refractivity contribution >= 4 is 23.4 Å². The van der Waals surface area contributed by atoms with E-state index >= 15 is 0 Å². The molecule has 0 saturated carbocycles. The molecule has 0 amide bonds. The monoisotopic (exact) mass is 305 g/mol. The zero-order chi connectivity index (χ0) is 13.9. The van der Waals surface area contributed by atoms with Gasteiger partial charge in [0.15, 0.2) is 0 Å². The molecule has 1 atom stereocenters. The number of rotatable bonds is 3. The second kappa shape index (κ2) is 6.08. The van der Waals surface area contributed by atoms with Crippen LogP contribution in [0, 0.1) is 0 Å². The van der Waals surface area contributed by atoms with Crippen LogP contribution in [0.25, 0.3) is 0 Å². The Kier molecular flexibility index (Phi) is 4.20.